The van der Waals surface area contributed by atoms with Gasteiger partial charge in [0.05, 0.1) is 18.2 Å². The number of aromatic hydroxyl groups is 1. The van der Waals surface area contributed by atoms with Crippen molar-refractivity contribution < 1.29 is 9.84 Å². The molecular formula is C25H28N2O2S2. The smallest absolute Gasteiger partial charge is 0.155 e. The molecule has 0 amide bonds. The summed E-state index contributed by atoms with van der Waals surface area (Å²) in [5.41, 5.74) is 4.18. The lowest BCUT2D eigenvalue weighted by atomic mass is 9.86. The van der Waals surface area contributed by atoms with Crippen LogP contribution in [0.2, 0.25) is 0 Å². The summed E-state index contributed by atoms with van der Waals surface area (Å²) in [6, 6.07) is 12.1. The van der Waals surface area contributed by atoms with E-state index < -0.39 is 0 Å². The minimum atomic E-state index is -0.00284. The van der Waals surface area contributed by atoms with Gasteiger partial charge in [-0.25, -0.2) is 9.97 Å². The molecule has 0 saturated carbocycles. The molecule has 4 nitrogen and oxygen atoms in total. The summed E-state index contributed by atoms with van der Waals surface area (Å²) < 4.78 is 5.61. The van der Waals surface area contributed by atoms with Gasteiger partial charge in [0.15, 0.2) is 9.66 Å². The standard InChI is InChI=1S/C25H28N2O2S2/c1-24(2,3)14-8-10-18(28)16(12-14)20-26-22-23(30-20)27-21(31-22)17-13-15(25(4,5)6)9-11-19(17)29-7/h8-13,28H,1-7H3. The normalized spacial score (nSPS) is 12.5. The van der Waals surface area contributed by atoms with E-state index in [4.69, 9.17) is 14.7 Å². The van der Waals surface area contributed by atoms with Crippen molar-refractivity contribution in [3.63, 3.8) is 0 Å². The Morgan fingerprint density at radius 2 is 1.23 bits per heavy atom. The minimum Gasteiger partial charge on any atom is -0.507 e. The van der Waals surface area contributed by atoms with E-state index in [1.54, 1.807) is 24.5 Å². The molecule has 162 valence electrons. The Balaban J connectivity index is 1.78. The van der Waals surface area contributed by atoms with E-state index >= 15 is 0 Å². The first-order chi connectivity index (χ1) is 14.5. The van der Waals surface area contributed by atoms with Gasteiger partial charge in [-0.05, 0) is 46.2 Å². The molecule has 0 aliphatic carbocycles. The second-order valence-corrected chi connectivity index (χ2v) is 11.8. The molecule has 2 aromatic heterocycles. The van der Waals surface area contributed by atoms with Crippen LogP contribution in [0, 0.1) is 0 Å². The first kappa shape index (κ1) is 21.8. The molecule has 6 heteroatoms. The van der Waals surface area contributed by atoms with Gasteiger partial charge in [0.2, 0.25) is 0 Å². The van der Waals surface area contributed by atoms with Gasteiger partial charge in [0, 0.05) is 0 Å². The number of rotatable bonds is 3. The Hall–Kier alpha value is -2.44. The Kier molecular flexibility index (Phi) is 5.34. The van der Waals surface area contributed by atoms with Gasteiger partial charge in [-0.1, -0.05) is 76.3 Å². The fourth-order valence-electron chi connectivity index (χ4n) is 3.39. The summed E-state index contributed by atoms with van der Waals surface area (Å²) in [7, 11) is 1.69. The van der Waals surface area contributed by atoms with Gasteiger partial charge in [-0.15, -0.1) is 0 Å². The number of thiazole rings is 2. The molecule has 4 aromatic rings. The van der Waals surface area contributed by atoms with E-state index in [-0.39, 0.29) is 16.6 Å². The average molecular weight is 453 g/mol. The fourth-order valence-corrected chi connectivity index (χ4v) is 5.48. The lowest BCUT2D eigenvalue weighted by Crippen LogP contribution is -2.11. The number of aromatic nitrogens is 2. The summed E-state index contributed by atoms with van der Waals surface area (Å²) in [6.07, 6.45) is 0. The predicted octanol–water partition coefficient (Wildman–Crippen LogP) is 7.40. The number of phenolic OH excluding ortho intramolecular Hbond substituents is 1. The van der Waals surface area contributed by atoms with E-state index in [1.165, 1.54) is 16.9 Å². The van der Waals surface area contributed by atoms with Crippen LogP contribution in [0.4, 0.5) is 0 Å². The largest absolute Gasteiger partial charge is 0.507 e. The molecule has 0 aliphatic heterocycles. The van der Waals surface area contributed by atoms with Gasteiger partial charge in [0.1, 0.15) is 21.5 Å². The van der Waals surface area contributed by atoms with Crippen molar-refractivity contribution in [2.45, 2.75) is 52.4 Å². The first-order valence-electron chi connectivity index (χ1n) is 10.3. The van der Waals surface area contributed by atoms with Gasteiger partial charge in [-0.2, -0.15) is 0 Å². The summed E-state index contributed by atoms with van der Waals surface area (Å²) in [6.45, 7) is 13.1. The highest BCUT2D eigenvalue weighted by Gasteiger charge is 2.22. The number of hydrogen-bond acceptors (Lipinski definition) is 6. The lowest BCUT2D eigenvalue weighted by molar-refractivity contribution is 0.416. The zero-order chi connectivity index (χ0) is 22.6. The number of ether oxygens (including phenoxy) is 1. The van der Waals surface area contributed by atoms with Crippen molar-refractivity contribution in [3.05, 3.63) is 47.5 Å². The van der Waals surface area contributed by atoms with Gasteiger partial charge < -0.3 is 9.84 Å². The van der Waals surface area contributed by atoms with Crippen LogP contribution in [-0.4, -0.2) is 22.2 Å². The molecule has 0 spiro atoms. The zero-order valence-electron chi connectivity index (χ0n) is 19.0. The van der Waals surface area contributed by atoms with Crippen molar-refractivity contribution >= 4 is 32.3 Å². The number of phenols is 1. The third-order valence-corrected chi connectivity index (χ3v) is 7.46. The maximum atomic E-state index is 10.5. The SMILES string of the molecule is COc1ccc(C(C)(C)C)cc1-c1nc2sc(-c3cc(C(C)(C)C)ccc3O)nc2s1. The third kappa shape index (κ3) is 4.19. The van der Waals surface area contributed by atoms with Crippen molar-refractivity contribution in [2.24, 2.45) is 0 Å². The Bertz CT molecular complexity index is 1230. The summed E-state index contributed by atoms with van der Waals surface area (Å²) >= 11 is 3.07. The number of benzene rings is 2. The maximum Gasteiger partial charge on any atom is 0.155 e. The molecule has 0 radical (unpaired) electrons. The monoisotopic (exact) mass is 452 g/mol. The number of hydrogen-bond donors (Lipinski definition) is 1. The third-order valence-electron chi connectivity index (χ3n) is 5.36. The molecular weight excluding hydrogens is 424 g/mol. The van der Waals surface area contributed by atoms with Crippen LogP contribution < -0.4 is 4.74 Å². The molecule has 0 atom stereocenters. The molecule has 0 unspecified atom stereocenters. The molecule has 0 fully saturated rings. The van der Waals surface area contributed by atoms with Crippen molar-refractivity contribution in [3.8, 4) is 32.6 Å². The number of nitrogens with zero attached hydrogens (tertiary/aromatic N) is 2. The molecule has 0 saturated heterocycles. The lowest BCUT2D eigenvalue weighted by Gasteiger charge is -2.20. The Labute approximate surface area is 191 Å². The summed E-state index contributed by atoms with van der Waals surface area (Å²) in [4.78, 5) is 11.4. The van der Waals surface area contributed by atoms with Gasteiger partial charge in [-0.3, -0.25) is 0 Å². The molecule has 4 rings (SSSR count). The summed E-state index contributed by atoms with van der Waals surface area (Å²) in [5.74, 6) is 1.05. The van der Waals surface area contributed by atoms with Gasteiger partial charge in [0.25, 0.3) is 0 Å². The molecule has 2 heterocycles. The van der Waals surface area contributed by atoms with Crippen LogP contribution in [0.3, 0.4) is 0 Å². The topological polar surface area (TPSA) is 55.2 Å². The average Bonchev–Trinajstić information content (AvgIpc) is 3.25. The second kappa shape index (κ2) is 7.61. The van der Waals surface area contributed by atoms with Crippen molar-refractivity contribution in [2.75, 3.05) is 7.11 Å². The van der Waals surface area contributed by atoms with Crippen LogP contribution in [0.1, 0.15) is 52.7 Å². The highest BCUT2D eigenvalue weighted by Crippen LogP contribution is 2.43. The van der Waals surface area contributed by atoms with E-state index in [0.29, 0.717) is 0 Å². The highest BCUT2D eigenvalue weighted by molar-refractivity contribution is 7.29. The first-order valence-corrected chi connectivity index (χ1v) is 11.9. The maximum absolute atomic E-state index is 10.5. The molecule has 0 bridgehead atoms. The van der Waals surface area contributed by atoms with Crippen LogP contribution in [-0.2, 0) is 10.8 Å². The quantitative estimate of drug-likeness (QED) is 0.352. The van der Waals surface area contributed by atoms with Gasteiger partial charge >= 0.3 is 0 Å². The van der Waals surface area contributed by atoms with Crippen molar-refractivity contribution in [1.29, 1.82) is 0 Å². The highest BCUT2D eigenvalue weighted by atomic mass is 32.1. The van der Waals surface area contributed by atoms with E-state index in [9.17, 15) is 5.11 Å². The van der Waals surface area contributed by atoms with E-state index in [2.05, 4.69) is 53.7 Å². The molecule has 31 heavy (non-hydrogen) atoms. The van der Waals surface area contributed by atoms with Crippen LogP contribution in [0.25, 0.3) is 30.8 Å². The van der Waals surface area contributed by atoms with E-state index in [0.717, 1.165) is 42.1 Å². The zero-order valence-corrected chi connectivity index (χ0v) is 20.7. The van der Waals surface area contributed by atoms with Crippen molar-refractivity contribution in [1.82, 2.24) is 9.97 Å². The Morgan fingerprint density at radius 1 is 0.742 bits per heavy atom. The molecule has 0 aliphatic rings. The molecule has 1 N–H and O–H groups in total. The molecule has 2 aromatic carbocycles. The number of fused-ring (bicyclic) bond motifs is 1. The summed E-state index contributed by atoms with van der Waals surface area (Å²) in [5, 5.41) is 12.1. The predicted molar refractivity (Wildman–Crippen MR) is 132 cm³/mol. The fraction of sp³-hybridized carbons (Fsp3) is 0.360. The Morgan fingerprint density at radius 3 is 1.74 bits per heavy atom. The van der Waals surface area contributed by atoms with Crippen LogP contribution in [0.5, 0.6) is 11.5 Å². The van der Waals surface area contributed by atoms with Crippen LogP contribution in [0.15, 0.2) is 36.4 Å². The second-order valence-electron chi connectivity index (χ2n) is 9.80. The van der Waals surface area contributed by atoms with Crippen LogP contribution >= 0.6 is 22.7 Å². The number of methoxy groups -OCH3 is 1. The minimum absolute atomic E-state index is 0.00284. The van der Waals surface area contributed by atoms with E-state index in [1.807, 2.05) is 18.2 Å².